The topological polar surface area (TPSA) is 71.8 Å². The second-order valence-electron chi connectivity index (χ2n) is 5.43. The number of aromatic nitrogens is 3. The lowest BCUT2D eigenvalue weighted by molar-refractivity contribution is 0.237. The Balaban J connectivity index is 1.72. The molecule has 0 aliphatic carbocycles. The van der Waals surface area contributed by atoms with E-state index in [2.05, 4.69) is 20.8 Å². The van der Waals surface area contributed by atoms with Crippen LogP contribution in [0.4, 0.5) is 9.18 Å². The molecule has 0 fully saturated rings. The predicted octanol–water partition coefficient (Wildman–Crippen LogP) is 1.91. The van der Waals surface area contributed by atoms with Crippen molar-refractivity contribution in [3.8, 4) is 0 Å². The Morgan fingerprint density at radius 3 is 3.00 bits per heavy atom. The SMILES string of the molecule is CCc1nncn1CCNC(=O)N[C@@H](C)Cc1cccc(F)c1. The van der Waals surface area contributed by atoms with Crippen molar-refractivity contribution in [1.29, 1.82) is 0 Å². The van der Waals surface area contributed by atoms with Gasteiger partial charge in [0.1, 0.15) is 18.0 Å². The molecule has 0 spiro atoms. The Morgan fingerprint density at radius 2 is 2.26 bits per heavy atom. The normalized spacial score (nSPS) is 12.0. The fourth-order valence-electron chi connectivity index (χ4n) is 2.37. The Morgan fingerprint density at radius 1 is 1.43 bits per heavy atom. The van der Waals surface area contributed by atoms with E-state index in [1.807, 2.05) is 24.5 Å². The van der Waals surface area contributed by atoms with Gasteiger partial charge in [0.15, 0.2) is 0 Å². The lowest BCUT2D eigenvalue weighted by atomic mass is 10.1. The van der Waals surface area contributed by atoms with Gasteiger partial charge < -0.3 is 15.2 Å². The summed E-state index contributed by atoms with van der Waals surface area (Å²) in [5.74, 6) is 0.631. The number of benzene rings is 1. The molecule has 2 aromatic rings. The molecule has 1 atom stereocenters. The van der Waals surface area contributed by atoms with Crippen molar-refractivity contribution < 1.29 is 9.18 Å². The van der Waals surface area contributed by atoms with Crippen LogP contribution in [-0.4, -0.2) is 33.4 Å². The molecule has 0 bridgehead atoms. The van der Waals surface area contributed by atoms with E-state index in [0.717, 1.165) is 17.8 Å². The number of halogens is 1. The first-order valence-corrected chi connectivity index (χ1v) is 7.74. The zero-order valence-corrected chi connectivity index (χ0v) is 13.4. The molecule has 0 aliphatic rings. The van der Waals surface area contributed by atoms with Gasteiger partial charge in [0.25, 0.3) is 0 Å². The van der Waals surface area contributed by atoms with E-state index in [4.69, 9.17) is 0 Å². The number of carbonyl (C=O) groups is 1. The summed E-state index contributed by atoms with van der Waals surface area (Å²) in [5, 5.41) is 13.5. The molecule has 1 heterocycles. The van der Waals surface area contributed by atoms with Gasteiger partial charge in [-0.2, -0.15) is 0 Å². The van der Waals surface area contributed by atoms with Crippen LogP contribution in [0.1, 0.15) is 25.2 Å². The quantitative estimate of drug-likeness (QED) is 0.819. The fraction of sp³-hybridized carbons (Fsp3) is 0.438. The van der Waals surface area contributed by atoms with E-state index in [0.29, 0.717) is 19.5 Å². The minimum absolute atomic E-state index is 0.0853. The molecule has 0 saturated heterocycles. The van der Waals surface area contributed by atoms with Crippen molar-refractivity contribution >= 4 is 6.03 Å². The van der Waals surface area contributed by atoms with Gasteiger partial charge in [-0.25, -0.2) is 9.18 Å². The molecule has 7 heteroatoms. The van der Waals surface area contributed by atoms with Crippen molar-refractivity contribution in [1.82, 2.24) is 25.4 Å². The fourth-order valence-corrected chi connectivity index (χ4v) is 2.37. The monoisotopic (exact) mass is 319 g/mol. The van der Waals surface area contributed by atoms with Crippen molar-refractivity contribution in [2.45, 2.75) is 39.3 Å². The molecule has 2 amide bonds. The number of carbonyl (C=O) groups excluding carboxylic acids is 1. The van der Waals surface area contributed by atoms with E-state index in [1.165, 1.54) is 12.1 Å². The maximum Gasteiger partial charge on any atom is 0.315 e. The standard InChI is InChI=1S/C16H22FN5O/c1-3-15-21-19-11-22(15)8-7-18-16(23)20-12(2)9-13-5-4-6-14(17)10-13/h4-6,10-12H,3,7-9H2,1-2H3,(H2,18,20,23)/t12-/m0/s1. The molecular weight excluding hydrogens is 297 g/mol. The lowest BCUT2D eigenvalue weighted by Gasteiger charge is -2.15. The third-order valence-corrected chi connectivity index (χ3v) is 3.46. The smallest absolute Gasteiger partial charge is 0.315 e. The van der Waals surface area contributed by atoms with Gasteiger partial charge in [0.05, 0.1) is 0 Å². The maximum absolute atomic E-state index is 13.1. The summed E-state index contributed by atoms with van der Waals surface area (Å²) in [6.07, 6.45) is 3.04. The zero-order chi connectivity index (χ0) is 16.7. The highest BCUT2D eigenvalue weighted by Crippen LogP contribution is 2.06. The third-order valence-electron chi connectivity index (χ3n) is 3.46. The van der Waals surface area contributed by atoms with Crippen LogP contribution in [-0.2, 0) is 19.4 Å². The first-order valence-electron chi connectivity index (χ1n) is 7.74. The number of amides is 2. The Bertz CT molecular complexity index is 643. The average Bonchev–Trinajstić information content (AvgIpc) is 2.94. The van der Waals surface area contributed by atoms with Crippen molar-refractivity contribution in [2.75, 3.05) is 6.54 Å². The number of nitrogens with zero attached hydrogens (tertiary/aromatic N) is 3. The molecule has 1 aromatic carbocycles. The maximum atomic E-state index is 13.1. The van der Waals surface area contributed by atoms with Crippen LogP contribution in [0, 0.1) is 5.82 Å². The summed E-state index contributed by atoms with van der Waals surface area (Å²) in [6.45, 7) is 5.01. The van der Waals surface area contributed by atoms with Gasteiger partial charge in [-0.3, -0.25) is 0 Å². The Labute approximate surface area is 135 Å². The number of aryl methyl sites for hydroxylation is 1. The summed E-state index contributed by atoms with van der Waals surface area (Å²) < 4.78 is 15.0. The van der Waals surface area contributed by atoms with Gasteiger partial charge in [-0.15, -0.1) is 10.2 Å². The van der Waals surface area contributed by atoms with Crippen LogP contribution in [0.5, 0.6) is 0 Å². The Hall–Kier alpha value is -2.44. The number of rotatable bonds is 7. The predicted molar refractivity (Wildman–Crippen MR) is 85.5 cm³/mol. The first kappa shape index (κ1) is 16.9. The zero-order valence-electron chi connectivity index (χ0n) is 13.4. The highest BCUT2D eigenvalue weighted by Gasteiger charge is 2.08. The van der Waals surface area contributed by atoms with Gasteiger partial charge >= 0.3 is 6.03 Å². The van der Waals surface area contributed by atoms with E-state index in [1.54, 1.807) is 12.4 Å². The minimum Gasteiger partial charge on any atom is -0.336 e. The molecule has 0 radical (unpaired) electrons. The molecule has 2 rings (SSSR count). The van der Waals surface area contributed by atoms with Crippen LogP contribution in [0.3, 0.4) is 0 Å². The Kier molecular flexibility index (Phi) is 6.08. The number of hydrogen-bond donors (Lipinski definition) is 2. The number of nitrogens with one attached hydrogen (secondary N) is 2. The molecule has 2 N–H and O–H groups in total. The molecule has 0 saturated carbocycles. The van der Waals surface area contributed by atoms with Crippen molar-refractivity contribution in [3.63, 3.8) is 0 Å². The number of urea groups is 1. The summed E-state index contributed by atoms with van der Waals surface area (Å²) in [7, 11) is 0. The van der Waals surface area contributed by atoms with Crippen LogP contribution in [0.15, 0.2) is 30.6 Å². The van der Waals surface area contributed by atoms with Crippen LogP contribution < -0.4 is 10.6 Å². The molecule has 23 heavy (non-hydrogen) atoms. The van der Waals surface area contributed by atoms with Crippen molar-refractivity contribution in [2.24, 2.45) is 0 Å². The molecule has 0 unspecified atom stereocenters. The molecule has 1 aromatic heterocycles. The average molecular weight is 319 g/mol. The van der Waals surface area contributed by atoms with Gasteiger partial charge in [-0.1, -0.05) is 19.1 Å². The minimum atomic E-state index is -0.264. The first-order chi connectivity index (χ1) is 11.1. The molecule has 124 valence electrons. The molecular formula is C16H22FN5O. The highest BCUT2D eigenvalue weighted by atomic mass is 19.1. The van der Waals surface area contributed by atoms with Crippen LogP contribution in [0.25, 0.3) is 0 Å². The van der Waals surface area contributed by atoms with E-state index in [-0.39, 0.29) is 17.9 Å². The van der Waals surface area contributed by atoms with E-state index in [9.17, 15) is 9.18 Å². The summed E-state index contributed by atoms with van der Waals surface area (Å²) in [5.41, 5.74) is 0.856. The van der Waals surface area contributed by atoms with Crippen molar-refractivity contribution in [3.05, 3.63) is 47.8 Å². The lowest BCUT2D eigenvalue weighted by Crippen LogP contribution is -2.42. The second-order valence-corrected chi connectivity index (χ2v) is 5.43. The summed E-state index contributed by atoms with van der Waals surface area (Å²) in [4.78, 5) is 11.9. The number of hydrogen-bond acceptors (Lipinski definition) is 3. The second kappa shape index (κ2) is 8.26. The van der Waals surface area contributed by atoms with Gasteiger partial charge in [-0.05, 0) is 31.0 Å². The molecule has 0 aliphatic heterocycles. The van der Waals surface area contributed by atoms with Crippen LogP contribution in [0.2, 0.25) is 0 Å². The van der Waals surface area contributed by atoms with E-state index >= 15 is 0 Å². The summed E-state index contributed by atoms with van der Waals surface area (Å²) in [6, 6.07) is 6.08. The van der Waals surface area contributed by atoms with Crippen LogP contribution >= 0.6 is 0 Å². The van der Waals surface area contributed by atoms with Gasteiger partial charge in [0.2, 0.25) is 0 Å². The third kappa shape index (κ3) is 5.36. The molecule has 6 nitrogen and oxygen atoms in total. The highest BCUT2D eigenvalue weighted by molar-refractivity contribution is 5.74. The largest absolute Gasteiger partial charge is 0.336 e. The summed E-state index contributed by atoms with van der Waals surface area (Å²) >= 11 is 0. The van der Waals surface area contributed by atoms with E-state index < -0.39 is 0 Å². The van der Waals surface area contributed by atoms with Gasteiger partial charge in [0, 0.05) is 25.6 Å².